The lowest BCUT2D eigenvalue weighted by molar-refractivity contribution is -0.128. The van der Waals surface area contributed by atoms with Crippen LogP contribution in [0, 0.1) is 17.0 Å². The summed E-state index contributed by atoms with van der Waals surface area (Å²) in [7, 11) is 1.64. The molecule has 4 rings (SSSR count). The van der Waals surface area contributed by atoms with E-state index in [1.807, 2.05) is 24.3 Å². The molecule has 1 amide bonds. The zero-order valence-corrected chi connectivity index (χ0v) is 21.8. The first-order valence-corrected chi connectivity index (χ1v) is 12.6. The normalized spacial score (nSPS) is 17.4. The van der Waals surface area contributed by atoms with E-state index in [0.717, 1.165) is 48.2 Å². The van der Waals surface area contributed by atoms with Crippen LogP contribution in [-0.2, 0) is 27.4 Å². The summed E-state index contributed by atoms with van der Waals surface area (Å²) in [6, 6.07) is 10.1. The van der Waals surface area contributed by atoms with Crippen molar-refractivity contribution in [2.45, 2.75) is 45.9 Å². The van der Waals surface area contributed by atoms with Crippen molar-refractivity contribution < 1.29 is 23.0 Å². The van der Waals surface area contributed by atoms with Crippen LogP contribution in [0.4, 0.5) is 8.78 Å². The molecule has 2 aromatic rings. The second-order valence-corrected chi connectivity index (χ2v) is 10.4. The monoisotopic (exact) mass is 518 g/mol. The highest BCUT2D eigenvalue weighted by atomic mass is 35.5. The number of halogens is 3. The maximum absolute atomic E-state index is 14.6. The molecule has 2 aromatic carbocycles. The van der Waals surface area contributed by atoms with E-state index < -0.39 is 11.6 Å². The maximum Gasteiger partial charge on any atom is 0.251 e. The van der Waals surface area contributed by atoms with Gasteiger partial charge in [0.15, 0.2) is 0 Å². The van der Waals surface area contributed by atoms with Gasteiger partial charge in [0, 0.05) is 42.8 Å². The van der Waals surface area contributed by atoms with Crippen molar-refractivity contribution >= 4 is 23.1 Å². The van der Waals surface area contributed by atoms with Gasteiger partial charge in [0.25, 0.3) is 5.91 Å². The molecule has 1 aliphatic heterocycles. The van der Waals surface area contributed by atoms with Crippen LogP contribution in [0.25, 0.3) is 5.57 Å². The molecule has 8 heteroatoms. The largest absolute Gasteiger partial charge is 0.382 e. The number of nitrogens with zero attached hydrogens (tertiary/aromatic N) is 1. The molecular formula is C28H33ClF2N2O3. The Balaban J connectivity index is 1.65. The lowest BCUT2D eigenvalue weighted by atomic mass is 9.75. The number of amides is 1. The number of carbonyl (C=O) groups is 1. The molecule has 36 heavy (non-hydrogen) atoms. The number of rotatable bonds is 10. The number of hydrogen-bond acceptors (Lipinski definition) is 4. The number of methoxy groups -OCH3 is 1. The van der Waals surface area contributed by atoms with E-state index in [1.165, 1.54) is 0 Å². The fourth-order valence-corrected chi connectivity index (χ4v) is 4.96. The second-order valence-electron chi connectivity index (χ2n) is 10.1. The zero-order chi connectivity index (χ0) is 25.9. The van der Waals surface area contributed by atoms with E-state index in [1.54, 1.807) is 12.0 Å². The van der Waals surface area contributed by atoms with E-state index in [9.17, 15) is 13.6 Å². The number of benzene rings is 2. The molecule has 2 aliphatic rings. The molecule has 1 aliphatic carbocycles. The molecule has 0 bridgehead atoms. The van der Waals surface area contributed by atoms with Crippen LogP contribution in [0.3, 0.4) is 0 Å². The SMILES string of the molecule is COCCOCc1ccc(C2=C(C(=O)N(Cc3c(F)ccc(F)c3Cl)C3CC3)CNCC2(C)C)cc1. The van der Waals surface area contributed by atoms with E-state index in [4.69, 9.17) is 21.1 Å². The summed E-state index contributed by atoms with van der Waals surface area (Å²) in [5, 5.41) is 3.10. The third-order valence-corrected chi connectivity index (χ3v) is 7.17. The van der Waals surface area contributed by atoms with E-state index in [0.29, 0.717) is 31.9 Å². The molecule has 1 fully saturated rings. The number of hydrogen-bond donors (Lipinski definition) is 1. The summed E-state index contributed by atoms with van der Waals surface area (Å²) < 4.78 is 39.3. The molecule has 0 spiro atoms. The molecule has 0 atom stereocenters. The van der Waals surface area contributed by atoms with Crippen molar-refractivity contribution in [2.24, 2.45) is 5.41 Å². The van der Waals surface area contributed by atoms with Crippen LogP contribution in [0.15, 0.2) is 42.0 Å². The van der Waals surface area contributed by atoms with E-state index >= 15 is 0 Å². The first kappa shape index (κ1) is 26.7. The number of carbonyl (C=O) groups excluding carboxylic acids is 1. The maximum atomic E-state index is 14.6. The smallest absolute Gasteiger partial charge is 0.251 e. The van der Waals surface area contributed by atoms with E-state index in [-0.39, 0.29) is 34.5 Å². The van der Waals surface area contributed by atoms with Gasteiger partial charge in [-0.05, 0) is 41.7 Å². The molecule has 194 valence electrons. The van der Waals surface area contributed by atoms with Gasteiger partial charge in [-0.3, -0.25) is 4.79 Å². The third kappa shape index (κ3) is 5.97. The van der Waals surface area contributed by atoms with Crippen LogP contribution in [0.1, 0.15) is 43.4 Å². The van der Waals surface area contributed by atoms with Gasteiger partial charge in [-0.1, -0.05) is 49.7 Å². The summed E-state index contributed by atoms with van der Waals surface area (Å²) in [6.07, 6.45) is 1.66. The molecule has 0 unspecified atom stereocenters. The quantitative estimate of drug-likeness (QED) is 0.340. The van der Waals surface area contributed by atoms with Gasteiger partial charge in [0.1, 0.15) is 11.6 Å². The summed E-state index contributed by atoms with van der Waals surface area (Å²) in [5.74, 6) is -1.47. The van der Waals surface area contributed by atoms with Crippen LogP contribution in [-0.4, -0.2) is 50.3 Å². The Bertz CT molecular complexity index is 1130. The van der Waals surface area contributed by atoms with Gasteiger partial charge in [-0.2, -0.15) is 0 Å². The molecule has 0 saturated heterocycles. The van der Waals surface area contributed by atoms with Gasteiger partial charge < -0.3 is 19.7 Å². The van der Waals surface area contributed by atoms with Crippen molar-refractivity contribution in [3.05, 3.63) is 75.3 Å². The topological polar surface area (TPSA) is 50.8 Å². The lowest BCUT2D eigenvalue weighted by Gasteiger charge is -2.37. The van der Waals surface area contributed by atoms with Gasteiger partial charge in [0.05, 0.1) is 31.4 Å². The van der Waals surface area contributed by atoms with E-state index in [2.05, 4.69) is 19.2 Å². The molecule has 0 radical (unpaired) electrons. The minimum atomic E-state index is -0.692. The zero-order valence-electron chi connectivity index (χ0n) is 21.0. The van der Waals surface area contributed by atoms with Crippen molar-refractivity contribution in [1.29, 1.82) is 0 Å². The van der Waals surface area contributed by atoms with Crippen molar-refractivity contribution in [3.8, 4) is 0 Å². The molecular weight excluding hydrogens is 486 g/mol. The van der Waals surface area contributed by atoms with Crippen LogP contribution in [0.2, 0.25) is 5.02 Å². The predicted molar refractivity (Wildman–Crippen MR) is 136 cm³/mol. The fraction of sp³-hybridized carbons (Fsp3) is 0.464. The Labute approximate surface area is 216 Å². The summed E-state index contributed by atoms with van der Waals surface area (Å²) >= 11 is 6.10. The van der Waals surface area contributed by atoms with Gasteiger partial charge in [-0.25, -0.2) is 8.78 Å². The molecule has 5 nitrogen and oxygen atoms in total. The van der Waals surface area contributed by atoms with Gasteiger partial charge >= 0.3 is 0 Å². The highest BCUT2D eigenvalue weighted by Gasteiger charge is 2.39. The summed E-state index contributed by atoms with van der Waals surface area (Å²) in [4.78, 5) is 15.6. The first-order chi connectivity index (χ1) is 17.2. The Hall–Kier alpha value is -2.32. The summed E-state index contributed by atoms with van der Waals surface area (Å²) in [6.45, 7) is 6.81. The molecule has 0 aromatic heterocycles. The standard InChI is InChI=1S/C28H33ClF2N2O3/c1-28(2)17-32-14-21(25(28)19-6-4-18(5-7-19)16-36-13-12-35-3)27(34)33(20-8-9-20)15-22-23(30)10-11-24(31)26(22)29/h4-7,10-11,20,32H,8-9,12-17H2,1-3H3. The Morgan fingerprint density at radius 1 is 1.11 bits per heavy atom. The van der Waals surface area contributed by atoms with Crippen LogP contribution in [0.5, 0.6) is 0 Å². The Morgan fingerprint density at radius 2 is 1.81 bits per heavy atom. The summed E-state index contributed by atoms with van der Waals surface area (Å²) in [5.41, 5.74) is 3.32. The predicted octanol–water partition coefficient (Wildman–Crippen LogP) is 5.36. The molecule has 1 N–H and O–H groups in total. The highest BCUT2D eigenvalue weighted by molar-refractivity contribution is 6.31. The minimum Gasteiger partial charge on any atom is -0.382 e. The average molecular weight is 519 g/mol. The van der Waals surface area contributed by atoms with Crippen molar-refractivity contribution in [2.75, 3.05) is 33.4 Å². The highest BCUT2D eigenvalue weighted by Crippen LogP contribution is 2.41. The number of nitrogens with one attached hydrogen (secondary N) is 1. The van der Waals surface area contributed by atoms with Crippen LogP contribution >= 0.6 is 11.6 Å². The van der Waals surface area contributed by atoms with Gasteiger partial charge in [0.2, 0.25) is 0 Å². The minimum absolute atomic E-state index is 0.0124. The molecule has 1 heterocycles. The Morgan fingerprint density at radius 3 is 2.47 bits per heavy atom. The fourth-order valence-electron chi connectivity index (χ4n) is 4.74. The van der Waals surface area contributed by atoms with Crippen LogP contribution < -0.4 is 5.32 Å². The number of ether oxygens (including phenoxy) is 2. The lowest BCUT2D eigenvalue weighted by Crippen LogP contribution is -2.44. The van der Waals surface area contributed by atoms with Crippen molar-refractivity contribution in [1.82, 2.24) is 10.2 Å². The molecule has 1 saturated carbocycles. The van der Waals surface area contributed by atoms with Gasteiger partial charge in [-0.15, -0.1) is 0 Å². The van der Waals surface area contributed by atoms with Crippen molar-refractivity contribution in [3.63, 3.8) is 0 Å². The first-order valence-electron chi connectivity index (χ1n) is 12.3. The third-order valence-electron chi connectivity index (χ3n) is 6.76. The average Bonchev–Trinajstić information content (AvgIpc) is 3.69. The second kappa shape index (κ2) is 11.4. The Kier molecular flexibility index (Phi) is 8.45.